The first-order valence-corrected chi connectivity index (χ1v) is 13.1. The van der Waals surface area contributed by atoms with Crippen LogP contribution in [0.1, 0.15) is 32.3 Å². The zero-order chi connectivity index (χ0) is 25.8. The lowest BCUT2D eigenvalue weighted by Crippen LogP contribution is -2.70. The van der Waals surface area contributed by atoms with Crippen LogP contribution in [-0.2, 0) is 24.4 Å². The van der Waals surface area contributed by atoms with Crippen LogP contribution in [0.5, 0.6) is 0 Å². The predicted molar refractivity (Wildman–Crippen MR) is 129 cm³/mol. The molecule has 8 rings (SSSR count). The van der Waals surface area contributed by atoms with E-state index < -0.39 is 49.0 Å². The molecule has 198 valence electrons. The van der Waals surface area contributed by atoms with E-state index in [0.717, 1.165) is 35.4 Å². The van der Waals surface area contributed by atoms with E-state index in [9.17, 15) is 25.2 Å². The van der Waals surface area contributed by atoms with Gasteiger partial charge in [0.1, 0.15) is 36.7 Å². The van der Waals surface area contributed by atoms with Crippen molar-refractivity contribution in [1.82, 2.24) is 4.90 Å². The minimum absolute atomic E-state index is 0.0495. The van der Waals surface area contributed by atoms with Crippen LogP contribution in [0, 0.1) is 11.8 Å². The maximum Gasteiger partial charge on any atom is 0.302 e. The number of benzene rings is 1. The monoisotopic (exact) mass is 512 g/mol. The number of hydrogen-bond donors (Lipinski definition) is 4. The Morgan fingerprint density at radius 2 is 2.03 bits per heavy atom. The molecule has 6 heterocycles. The lowest BCUT2D eigenvalue weighted by Gasteiger charge is -2.59. The molecule has 1 spiro atoms. The molecule has 5 saturated heterocycles. The number of nitrogens with zero attached hydrogens (tertiary/aromatic N) is 2. The molecule has 0 amide bonds. The smallest absolute Gasteiger partial charge is 0.302 e. The Labute approximate surface area is 214 Å². The average Bonchev–Trinajstić information content (AvgIpc) is 3.36. The van der Waals surface area contributed by atoms with Crippen LogP contribution >= 0.6 is 0 Å². The van der Waals surface area contributed by atoms with Crippen LogP contribution in [-0.4, -0.2) is 98.7 Å². The van der Waals surface area contributed by atoms with E-state index in [4.69, 9.17) is 19.2 Å². The van der Waals surface area contributed by atoms with Gasteiger partial charge in [-0.2, -0.15) is 0 Å². The van der Waals surface area contributed by atoms with Gasteiger partial charge in [-0.3, -0.25) is 14.7 Å². The number of hydrogen-bond acceptors (Lipinski definition) is 10. The van der Waals surface area contributed by atoms with Crippen LogP contribution in [0.15, 0.2) is 40.9 Å². The van der Waals surface area contributed by atoms with Crippen molar-refractivity contribution in [2.45, 2.75) is 87.2 Å². The quantitative estimate of drug-likeness (QED) is 0.327. The number of aliphatic hydroxyl groups is 4. The summed E-state index contributed by atoms with van der Waals surface area (Å²) in [6.45, 7) is 2.89. The molecular formula is C27H32N2O8. The lowest BCUT2D eigenvalue weighted by atomic mass is 9.66. The van der Waals surface area contributed by atoms with Crippen molar-refractivity contribution in [3.8, 4) is 0 Å². The molecule has 1 saturated carbocycles. The molecule has 0 radical (unpaired) electrons. The standard InChI is InChI=1S/C27H32N2O8/c1-3-12-13-8-16-23-27(14-6-4-5-7-15(14)28-23)9-17(19(13)24(27)35-11(2)31)29(16)25(12)37-26-22(34)21(33)20(32)18(10-30)36-26/h3-7,13,16-22,24-26,30,32-34H,8-10H2,1-2H3/b12-3+/t13-,16-,17-,18+,19?,20+,21-,22+,24+,25+,26-,27+/m0/s1. The molecule has 6 fully saturated rings. The third-order valence-corrected chi connectivity index (χ3v) is 9.62. The molecule has 0 aromatic heterocycles. The van der Waals surface area contributed by atoms with Crippen LogP contribution < -0.4 is 0 Å². The van der Waals surface area contributed by atoms with E-state index in [1.807, 2.05) is 31.2 Å². The van der Waals surface area contributed by atoms with Crippen LogP contribution in [0.2, 0.25) is 0 Å². The van der Waals surface area contributed by atoms with Gasteiger partial charge in [-0.05, 0) is 42.9 Å². The highest BCUT2D eigenvalue weighted by molar-refractivity contribution is 6.08. The van der Waals surface area contributed by atoms with E-state index in [1.54, 1.807) is 0 Å². The van der Waals surface area contributed by atoms with Gasteiger partial charge >= 0.3 is 5.97 Å². The number of carbonyl (C=O) groups is 1. The maximum absolute atomic E-state index is 12.4. The Bertz CT molecular complexity index is 1200. The summed E-state index contributed by atoms with van der Waals surface area (Å²) in [6.07, 6.45) is -4.07. The van der Waals surface area contributed by atoms with Gasteiger partial charge in [-0.25, -0.2) is 0 Å². The van der Waals surface area contributed by atoms with E-state index in [0.29, 0.717) is 0 Å². The Kier molecular flexibility index (Phi) is 5.27. The number of fused-ring (bicyclic) bond motifs is 2. The Hall–Kier alpha value is -2.18. The number of ether oxygens (including phenoxy) is 3. The van der Waals surface area contributed by atoms with E-state index in [2.05, 4.69) is 11.0 Å². The van der Waals surface area contributed by atoms with Crippen molar-refractivity contribution in [3.63, 3.8) is 0 Å². The number of piperidine rings is 4. The molecule has 6 aliphatic heterocycles. The normalized spacial score (nSPS) is 49.7. The third kappa shape index (κ3) is 2.95. The Morgan fingerprint density at radius 1 is 1.24 bits per heavy atom. The summed E-state index contributed by atoms with van der Waals surface area (Å²) in [7, 11) is 0. The first-order valence-electron chi connectivity index (χ1n) is 13.1. The molecular weight excluding hydrogens is 480 g/mol. The fourth-order valence-corrected chi connectivity index (χ4v) is 8.32. The van der Waals surface area contributed by atoms with E-state index in [1.165, 1.54) is 6.92 Å². The maximum atomic E-state index is 12.4. The van der Waals surface area contributed by atoms with Crippen molar-refractivity contribution < 1.29 is 39.4 Å². The summed E-state index contributed by atoms with van der Waals surface area (Å²) < 4.78 is 18.3. The number of esters is 1. The fourth-order valence-electron chi connectivity index (χ4n) is 8.32. The largest absolute Gasteiger partial charge is 0.461 e. The van der Waals surface area contributed by atoms with Gasteiger partial charge in [-0.15, -0.1) is 0 Å². The number of carbonyl (C=O) groups excluding carboxylic acids is 1. The number of allylic oxidation sites excluding steroid dienone is 1. The number of para-hydroxylation sites is 1. The van der Waals surface area contributed by atoms with Gasteiger partial charge in [0.2, 0.25) is 0 Å². The average molecular weight is 513 g/mol. The second-order valence-electron chi connectivity index (χ2n) is 11.1. The highest BCUT2D eigenvalue weighted by Gasteiger charge is 2.75. The molecule has 7 aliphatic rings. The Balaban J connectivity index is 1.30. The van der Waals surface area contributed by atoms with E-state index >= 15 is 0 Å². The van der Waals surface area contributed by atoms with Crippen molar-refractivity contribution in [3.05, 3.63) is 41.5 Å². The van der Waals surface area contributed by atoms with Gasteiger partial charge in [0.25, 0.3) is 0 Å². The summed E-state index contributed by atoms with van der Waals surface area (Å²) in [5.74, 6) is -0.176. The third-order valence-electron chi connectivity index (χ3n) is 9.62. The molecule has 37 heavy (non-hydrogen) atoms. The predicted octanol–water partition coefficient (Wildman–Crippen LogP) is 0.137. The minimum Gasteiger partial charge on any atom is -0.461 e. The van der Waals surface area contributed by atoms with Gasteiger partial charge < -0.3 is 34.6 Å². The molecule has 1 aliphatic carbocycles. The highest BCUT2D eigenvalue weighted by Crippen LogP contribution is 2.67. The molecule has 5 bridgehead atoms. The van der Waals surface area contributed by atoms with E-state index in [-0.39, 0.29) is 36.0 Å². The van der Waals surface area contributed by atoms with Gasteiger partial charge in [0.15, 0.2) is 6.29 Å². The summed E-state index contributed by atoms with van der Waals surface area (Å²) in [6, 6.07) is 8.10. The number of rotatable bonds is 4. The van der Waals surface area contributed by atoms with Crippen molar-refractivity contribution in [1.29, 1.82) is 0 Å². The molecule has 4 N–H and O–H groups in total. The van der Waals surface area contributed by atoms with Crippen LogP contribution in [0.3, 0.4) is 0 Å². The van der Waals surface area contributed by atoms with Crippen molar-refractivity contribution in [2.24, 2.45) is 16.8 Å². The van der Waals surface area contributed by atoms with Gasteiger partial charge in [0.05, 0.1) is 29.5 Å². The minimum atomic E-state index is -1.52. The van der Waals surface area contributed by atoms with Crippen molar-refractivity contribution in [2.75, 3.05) is 6.61 Å². The second-order valence-corrected chi connectivity index (χ2v) is 11.1. The second kappa shape index (κ2) is 8.16. The fraction of sp³-hybridized carbons (Fsp3) is 0.630. The summed E-state index contributed by atoms with van der Waals surface area (Å²) in [4.78, 5) is 19.8. The highest BCUT2D eigenvalue weighted by atomic mass is 16.7. The Morgan fingerprint density at radius 3 is 2.76 bits per heavy atom. The van der Waals surface area contributed by atoms with Crippen LogP contribution in [0.25, 0.3) is 0 Å². The van der Waals surface area contributed by atoms with Gasteiger partial charge in [0, 0.05) is 18.9 Å². The summed E-state index contributed by atoms with van der Waals surface area (Å²) >= 11 is 0. The SMILES string of the molecule is C/C=C1/[C@@H](O[C@@H]2O[C@H](CO)[C@@H](O)[C@H](O)[C@H]2O)N2[C@H]3C[C@@H]1C1[C@@H](OC(C)=O)[C@@]4(C[C@@H]12)C3=Nc1ccccc14. The topological polar surface area (TPSA) is 141 Å². The molecule has 10 nitrogen and oxygen atoms in total. The first-order chi connectivity index (χ1) is 17.8. The molecule has 13 atom stereocenters. The number of aliphatic imine (C=N–C) groups is 1. The molecule has 1 aromatic rings. The zero-order valence-corrected chi connectivity index (χ0v) is 20.7. The molecule has 10 heteroatoms. The summed E-state index contributed by atoms with van der Waals surface area (Å²) in [5, 5.41) is 40.9. The molecule has 1 aromatic carbocycles. The summed E-state index contributed by atoms with van der Waals surface area (Å²) in [5.41, 5.74) is 3.57. The van der Waals surface area contributed by atoms with Crippen LogP contribution in [0.4, 0.5) is 5.69 Å². The lowest BCUT2D eigenvalue weighted by molar-refractivity contribution is -0.328. The number of aliphatic hydroxyl groups excluding tert-OH is 4. The first kappa shape index (κ1) is 23.9. The van der Waals surface area contributed by atoms with Gasteiger partial charge in [-0.1, -0.05) is 24.3 Å². The zero-order valence-electron chi connectivity index (χ0n) is 20.7. The van der Waals surface area contributed by atoms with Crippen molar-refractivity contribution >= 4 is 17.4 Å². The molecule has 2 unspecified atom stereocenters.